The highest BCUT2D eigenvalue weighted by Gasteiger charge is 2.21. The van der Waals surface area contributed by atoms with Crippen LogP contribution < -0.4 is 11.2 Å². The second kappa shape index (κ2) is 6.18. The van der Waals surface area contributed by atoms with Crippen LogP contribution in [-0.4, -0.2) is 22.6 Å². The van der Waals surface area contributed by atoms with E-state index in [0.717, 1.165) is 9.80 Å². The SMILES string of the molecule is CN(C(N)=O)N1NC=C(SCc2cccc(F)c2)S1. The summed E-state index contributed by atoms with van der Waals surface area (Å²) in [5, 5.41) is 1.26. The van der Waals surface area contributed by atoms with Crippen LogP contribution in [0.4, 0.5) is 9.18 Å². The third kappa shape index (κ3) is 3.79. The standard InChI is InChI=1S/C11H13FN4OS2/c1-15(11(13)17)16-14-6-10(19-16)18-7-8-3-2-4-9(12)5-8/h2-6,14H,7H2,1H3,(H2,13,17). The molecule has 0 atom stereocenters. The number of carbonyl (C=O) groups excluding carboxylic acids is 1. The van der Waals surface area contributed by atoms with Crippen LogP contribution in [0, 0.1) is 5.82 Å². The van der Waals surface area contributed by atoms with Gasteiger partial charge < -0.3 is 5.73 Å². The molecule has 1 aliphatic heterocycles. The van der Waals surface area contributed by atoms with Crippen molar-refractivity contribution in [3.8, 4) is 0 Å². The van der Waals surface area contributed by atoms with E-state index in [1.165, 1.54) is 33.6 Å². The second-order valence-electron chi connectivity index (χ2n) is 3.74. The molecule has 0 spiro atoms. The predicted octanol–water partition coefficient (Wildman–Crippen LogP) is 2.25. The molecule has 1 aromatic carbocycles. The highest BCUT2D eigenvalue weighted by Crippen LogP contribution is 2.36. The average Bonchev–Trinajstić information content (AvgIpc) is 2.84. The molecule has 0 aromatic heterocycles. The van der Waals surface area contributed by atoms with Crippen LogP contribution in [0.15, 0.2) is 34.7 Å². The number of hydrogen-bond acceptors (Lipinski definition) is 5. The monoisotopic (exact) mass is 300 g/mol. The van der Waals surface area contributed by atoms with Crippen LogP contribution in [-0.2, 0) is 5.75 Å². The molecule has 0 saturated heterocycles. The number of amides is 2. The second-order valence-corrected chi connectivity index (χ2v) is 5.98. The number of nitrogens with two attached hydrogens (primary N) is 1. The Morgan fingerprint density at radius 3 is 3.11 bits per heavy atom. The van der Waals surface area contributed by atoms with Gasteiger partial charge in [-0.3, -0.25) is 5.43 Å². The number of thioether (sulfide) groups is 1. The lowest BCUT2D eigenvalue weighted by molar-refractivity contribution is 0.111. The molecule has 1 heterocycles. The smallest absolute Gasteiger partial charge is 0.331 e. The molecule has 0 unspecified atom stereocenters. The highest BCUT2D eigenvalue weighted by molar-refractivity contribution is 8.21. The zero-order valence-corrected chi connectivity index (χ0v) is 11.8. The van der Waals surface area contributed by atoms with E-state index < -0.39 is 6.03 Å². The summed E-state index contributed by atoms with van der Waals surface area (Å²) in [6, 6.07) is 5.94. The molecule has 0 radical (unpaired) electrons. The van der Waals surface area contributed by atoms with Gasteiger partial charge in [0, 0.05) is 30.9 Å². The van der Waals surface area contributed by atoms with Crippen molar-refractivity contribution in [1.82, 2.24) is 15.0 Å². The molecule has 2 amide bonds. The van der Waals surface area contributed by atoms with Crippen molar-refractivity contribution in [2.24, 2.45) is 5.73 Å². The Balaban J connectivity index is 1.84. The number of hydrogen-bond donors (Lipinski definition) is 2. The summed E-state index contributed by atoms with van der Waals surface area (Å²) in [6.45, 7) is 0. The lowest BCUT2D eigenvalue weighted by atomic mass is 10.2. The van der Waals surface area contributed by atoms with Gasteiger partial charge in [-0.1, -0.05) is 16.7 Å². The zero-order valence-electron chi connectivity index (χ0n) is 10.2. The van der Waals surface area contributed by atoms with E-state index in [9.17, 15) is 9.18 Å². The maximum atomic E-state index is 13.0. The van der Waals surface area contributed by atoms with Gasteiger partial charge in [0.1, 0.15) is 5.82 Å². The number of nitrogens with one attached hydrogen (secondary N) is 1. The number of urea groups is 1. The van der Waals surface area contributed by atoms with Gasteiger partial charge in [-0.05, 0) is 17.7 Å². The number of nitrogens with zero attached hydrogens (tertiary/aromatic N) is 2. The van der Waals surface area contributed by atoms with Crippen LogP contribution in [0.1, 0.15) is 5.56 Å². The van der Waals surface area contributed by atoms with Crippen molar-refractivity contribution < 1.29 is 9.18 Å². The summed E-state index contributed by atoms with van der Waals surface area (Å²) in [5.74, 6) is 0.422. The first-order valence-electron chi connectivity index (χ1n) is 5.41. The highest BCUT2D eigenvalue weighted by atomic mass is 32.2. The van der Waals surface area contributed by atoms with Crippen LogP contribution in [0.5, 0.6) is 0 Å². The maximum Gasteiger partial charge on any atom is 0.331 e. The Hall–Kier alpha value is -1.38. The van der Waals surface area contributed by atoms with Crippen LogP contribution >= 0.6 is 23.7 Å². The molecule has 0 saturated carbocycles. The van der Waals surface area contributed by atoms with E-state index in [1.807, 2.05) is 6.07 Å². The van der Waals surface area contributed by atoms with Gasteiger partial charge in [-0.2, -0.15) is 0 Å². The minimum atomic E-state index is -0.551. The Labute approximate surface area is 119 Å². The topological polar surface area (TPSA) is 61.6 Å². The lowest BCUT2D eigenvalue weighted by Crippen LogP contribution is -2.46. The van der Waals surface area contributed by atoms with E-state index in [2.05, 4.69) is 5.43 Å². The molecule has 1 aromatic rings. The van der Waals surface area contributed by atoms with Gasteiger partial charge in [-0.25, -0.2) is 14.2 Å². The Bertz CT molecular complexity index is 511. The first-order valence-corrected chi connectivity index (χ1v) is 7.17. The fourth-order valence-electron chi connectivity index (χ4n) is 1.33. The molecule has 19 heavy (non-hydrogen) atoms. The van der Waals surface area contributed by atoms with Crippen molar-refractivity contribution in [3.05, 3.63) is 46.1 Å². The van der Waals surface area contributed by atoms with Crippen molar-refractivity contribution in [1.29, 1.82) is 0 Å². The number of carbonyl (C=O) groups is 1. The number of rotatable bonds is 4. The van der Waals surface area contributed by atoms with Gasteiger partial charge >= 0.3 is 6.03 Å². The minimum Gasteiger partial charge on any atom is -0.350 e. The summed E-state index contributed by atoms with van der Waals surface area (Å²) in [4.78, 5) is 11.0. The quantitative estimate of drug-likeness (QED) is 0.835. The summed E-state index contributed by atoms with van der Waals surface area (Å²) in [5.41, 5.74) is 8.97. The summed E-state index contributed by atoms with van der Waals surface area (Å²) >= 11 is 2.90. The molecule has 2 rings (SSSR count). The molecule has 8 heteroatoms. The molecule has 5 nitrogen and oxygen atoms in total. The first-order chi connectivity index (χ1) is 9.06. The average molecular weight is 300 g/mol. The Morgan fingerprint density at radius 2 is 2.42 bits per heavy atom. The zero-order chi connectivity index (χ0) is 13.8. The molecule has 0 bridgehead atoms. The van der Waals surface area contributed by atoms with Crippen LogP contribution in [0.25, 0.3) is 0 Å². The lowest BCUT2D eigenvalue weighted by Gasteiger charge is -2.23. The molecular weight excluding hydrogens is 287 g/mol. The fraction of sp³-hybridized carbons (Fsp3) is 0.182. The van der Waals surface area contributed by atoms with Crippen LogP contribution in [0.2, 0.25) is 0 Å². The van der Waals surface area contributed by atoms with Crippen molar-refractivity contribution >= 4 is 29.7 Å². The van der Waals surface area contributed by atoms with Gasteiger partial charge in [0.05, 0.1) is 4.24 Å². The summed E-state index contributed by atoms with van der Waals surface area (Å²) in [6.07, 6.45) is 1.77. The number of primary amides is 1. The normalized spacial score (nSPS) is 14.9. The van der Waals surface area contributed by atoms with E-state index in [0.29, 0.717) is 5.75 Å². The molecule has 0 fully saturated rings. The first kappa shape index (κ1) is 14.0. The van der Waals surface area contributed by atoms with Gasteiger partial charge in [0.15, 0.2) is 0 Å². The molecule has 1 aliphatic rings. The summed E-state index contributed by atoms with van der Waals surface area (Å²) in [7, 11) is 1.57. The number of halogens is 1. The number of benzene rings is 1. The summed E-state index contributed by atoms with van der Waals surface area (Å²) < 4.78 is 15.5. The largest absolute Gasteiger partial charge is 0.350 e. The van der Waals surface area contributed by atoms with E-state index in [-0.39, 0.29) is 5.82 Å². The van der Waals surface area contributed by atoms with Crippen molar-refractivity contribution in [2.45, 2.75) is 5.75 Å². The third-order valence-electron chi connectivity index (χ3n) is 2.33. The van der Waals surface area contributed by atoms with Crippen molar-refractivity contribution in [2.75, 3.05) is 7.05 Å². The van der Waals surface area contributed by atoms with Gasteiger partial charge in [-0.15, -0.1) is 11.8 Å². The predicted molar refractivity (Wildman–Crippen MR) is 75.7 cm³/mol. The van der Waals surface area contributed by atoms with E-state index in [4.69, 9.17) is 5.73 Å². The van der Waals surface area contributed by atoms with E-state index in [1.54, 1.807) is 31.1 Å². The maximum absolute atomic E-state index is 13.0. The van der Waals surface area contributed by atoms with Crippen LogP contribution in [0.3, 0.4) is 0 Å². The Morgan fingerprint density at radius 1 is 1.63 bits per heavy atom. The Kier molecular flexibility index (Phi) is 4.56. The van der Waals surface area contributed by atoms with Gasteiger partial charge in [0.25, 0.3) is 0 Å². The van der Waals surface area contributed by atoms with Gasteiger partial charge in [0.2, 0.25) is 0 Å². The number of hydrazine groups is 2. The fourth-order valence-corrected chi connectivity index (χ4v) is 3.14. The molecule has 3 N–H and O–H groups in total. The van der Waals surface area contributed by atoms with Crippen molar-refractivity contribution in [3.63, 3.8) is 0 Å². The molecular formula is C11H13FN4OS2. The third-order valence-corrected chi connectivity index (χ3v) is 4.61. The molecule has 0 aliphatic carbocycles. The van der Waals surface area contributed by atoms with E-state index >= 15 is 0 Å². The minimum absolute atomic E-state index is 0.237. The molecule has 102 valence electrons.